The number of carbonyl (C=O) groups is 2. The largest absolute Gasteiger partial charge is 0.352 e. The second kappa shape index (κ2) is 8.49. The SMILES string of the molecule is CC(C)C(C)NC(=O)CNC(=O)CN.Cl. The molecule has 0 rings (SSSR count). The van der Waals surface area contributed by atoms with Crippen LogP contribution in [0.5, 0.6) is 0 Å². The maximum atomic E-state index is 11.2. The average molecular weight is 238 g/mol. The van der Waals surface area contributed by atoms with Crippen molar-refractivity contribution in [2.45, 2.75) is 26.8 Å². The lowest BCUT2D eigenvalue weighted by Gasteiger charge is -2.17. The van der Waals surface area contributed by atoms with E-state index in [2.05, 4.69) is 10.6 Å². The quantitative estimate of drug-likeness (QED) is 0.611. The molecule has 0 spiro atoms. The number of nitrogens with one attached hydrogen (secondary N) is 2. The summed E-state index contributed by atoms with van der Waals surface area (Å²) < 4.78 is 0. The molecule has 0 aromatic rings. The summed E-state index contributed by atoms with van der Waals surface area (Å²) in [5.74, 6) is -0.130. The second-order valence-electron chi connectivity index (χ2n) is 3.58. The molecule has 0 saturated carbocycles. The van der Waals surface area contributed by atoms with Crippen LogP contribution in [0.25, 0.3) is 0 Å². The number of nitrogens with two attached hydrogens (primary N) is 1. The molecule has 2 amide bonds. The fourth-order valence-electron chi connectivity index (χ4n) is 0.723. The minimum Gasteiger partial charge on any atom is -0.352 e. The Morgan fingerprint density at radius 1 is 1.20 bits per heavy atom. The van der Waals surface area contributed by atoms with Gasteiger partial charge < -0.3 is 16.4 Å². The van der Waals surface area contributed by atoms with Gasteiger partial charge in [-0.1, -0.05) is 13.8 Å². The number of carbonyl (C=O) groups excluding carboxylic acids is 2. The molecule has 0 aliphatic heterocycles. The second-order valence-corrected chi connectivity index (χ2v) is 3.58. The van der Waals surface area contributed by atoms with Crippen LogP contribution in [0.3, 0.4) is 0 Å². The summed E-state index contributed by atoms with van der Waals surface area (Å²) in [7, 11) is 0. The van der Waals surface area contributed by atoms with Crippen LogP contribution in [0.2, 0.25) is 0 Å². The van der Waals surface area contributed by atoms with Crippen LogP contribution in [-0.4, -0.2) is 30.9 Å². The molecule has 90 valence electrons. The fourth-order valence-corrected chi connectivity index (χ4v) is 0.723. The Balaban J connectivity index is 0. The zero-order chi connectivity index (χ0) is 11.1. The highest BCUT2D eigenvalue weighted by molar-refractivity contribution is 5.85. The van der Waals surface area contributed by atoms with Crippen LogP contribution in [0.15, 0.2) is 0 Å². The topological polar surface area (TPSA) is 84.2 Å². The minimum atomic E-state index is -0.322. The zero-order valence-electron chi connectivity index (χ0n) is 9.37. The van der Waals surface area contributed by atoms with Crippen LogP contribution in [0.1, 0.15) is 20.8 Å². The van der Waals surface area contributed by atoms with Gasteiger partial charge in [0.15, 0.2) is 0 Å². The predicted octanol–water partition coefficient (Wildman–Crippen LogP) is -0.356. The molecule has 0 radical (unpaired) electrons. The first-order chi connectivity index (χ1) is 6.47. The third-order valence-electron chi connectivity index (χ3n) is 2.02. The van der Waals surface area contributed by atoms with Crippen molar-refractivity contribution in [3.05, 3.63) is 0 Å². The van der Waals surface area contributed by atoms with Crippen LogP contribution >= 0.6 is 12.4 Å². The first kappa shape index (κ1) is 16.6. The predicted molar refractivity (Wildman–Crippen MR) is 61.8 cm³/mol. The molecule has 4 N–H and O–H groups in total. The molecule has 5 nitrogen and oxygen atoms in total. The van der Waals surface area contributed by atoms with Crippen LogP contribution in [0.4, 0.5) is 0 Å². The summed E-state index contributed by atoms with van der Waals surface area (Å²) in [5.41, 5.74) is 5.06. The summed E-state index contributed by atoms with van der Waals surface area (Å²) in [6.45, 7) is 5.86. The molecule has 0 aromatic carbocycles. The van der Waals surface area contributed by atoms with Crippen LogP contribution in [-0.2, 0) is 9.59 Å². The zero-order valence-corrected chi connectivity index (χ0v) is 10.2. The molecular formula is C9H20ClN3O2. The van der Waals surface area contributed by atoms with Gasteiger partial charge in [0.2, 0.25) is 11.8 Å². The van der Waals surface area contributed by atoms with E-state index < -0.39 is 0 Å². The van der Waals surface area contributed by atoms with Gasteiger partial charge in [-0.3, -0.25) is 9.59 Å². The molecule has 0 fully saturated rings. The van der Waals surface area contributed by atoms with Crippen molar-refractivity contribution in [2.75, 3.05) is 13.1 Å². The Morgan fingerprint density at radius 2 is 1.73 bits per heavy atom. The molecule has 6 heteroatoms. The van der Waals surface area contributed by atoms with Gasteiger partial charge >= 0.3 is 0 Å². The number of hydrogen-bond donors (Lipinski definition) is 3. The van der Waals surface area contributed by atoms with Gasteiger partial charge in [-0.15, -0.1) is 12.4 Å². The third-order valence-corrected chi connectivity index (χ3v) is 2.02. The summed E-state index contributed by atoms with van der Waals surface area (Å²) in [6, 6.07) is 0.109. The molecule has 15 heavy (non-hydrogen) atoms. The number of amides is 2. The lowest BCUT2D eigenvalue weighted by atomic mass is 10.1. The Kier molecular flexibility index (Phi) is 9.41. The summed E-state index contributed by atoms with van der Waals surface area (Å²) in [4.78, 5) is 21.9. The monoisotopic (exact) mass is 237 g/mol. The van der Waals surface area contributed by atoms with Crippen molar-refractivity contribution >= 4 is 24.2 Å². The first-order valence-corrected chi connectivity index (χ1v) is 4.73. The van der Waals surface area contributed by atoms with E-state index in [0.29, 0.717) is 5.92 Å². The van der Waals surface area contributed by atoms with Gasteiger partial charge in [0.1, 0.15) is 0 Å². The third kappa shape index (κ3) is 8.20. The highest BCUT2D eigenvalue weighted by Crippen LogP contribution is 1.98. The van der Waals surface area contributed by atoms with Crippen molar-refractivity contribution in [3.8, 4) is 0 Å². The van der Waals surface area contributed by atoms with E-state index in [1.807, 2.05) is 20.8 Å². The Hall–Kier alpha value is -0.810. The van der Waals surface area contributed by atoms with Gasteiger partial charge in [0.25, 0.3) is 0 Å². The van der Waals surface area contributed by atoms with E-state index in [1.54, 1.807) is 0 Å². The smallest absolute Gasteiger partial charge is 0.239 e. The molecule has 0 saturated heterocycles. The minimum absolute atomic E-state index is 0. The molecule has 0 heterocycles. The van der Waals surface area contributed by atoms with E-state index in [9.17, 15) is 9.59 Å². The molecule has 0 aliphatic carbocycles. The van der Waals surface area contributed by atoms with E-state index in [0.717, 1.165) is 0 Å². The van der Waals surface area contributed by atoms with Crippen molar-refractivity contribution in [3.63, 3.8) is 0 Å². The molecule has 0 bridgehead atoms. The molecule has 1 unspecified atom stereocenters. The molecule has 1 atom stereocenters. The average Bonchev–Trinajstić information content (AvgIpc) is 2.13. The van der Waals surface area contributed by atoms with E-state index in [4.69, 9.17) is 5.73 Å². The number of rotatable bonds is 5. The van der Waals surface area contributed by atoms with Gasteiger partial charge in [0.05, 0.1) is 13.1 Å². The van der Waals surface area contributed by atoms with Crippen molar-refractivity contribution in [2.24, 2.45) is 11.7 Å². The fraction of sp³-hybridized carbons (Fsp3) is 0.778. The molecular weight excluding hydrogens is 218 g/mol. The summed E-state index contributed by atoms with van der Waals surface area (Å²) in [6.07, 6.45) is 0. The number of hydrogen-bond acceptors (Lipinski definition) is 3. The van der Waals surface area contributed by atoms with E-state index in [1.165, 1.54) is 0 Å². The Morgan fingerprint density at radius 3 is 2.13 bits per heavy atom. The highest BCUT2D eigenvalue weighted by atomic mass is 35.5. The highest BCUT2D eigenvalue weighted by Gasteiger charge is 2.10. The van der Waals surface area contributed by atoms with Gasteiger partial charge in [0, 0.05) is 6.04 Å². The summed E-state index contributed by atoms with van der Waals surface area (Å²) >= 11 is 0. The van der Waals surface area contributed by atoms with Crippen molar-refractivity contribution in [1.82, 2.24) is 10.6 Å². The van der Waals surface area contributed by atoms with E-state index >= 15 is 0 Å². The Bertz CT molecular complexity index is 210. The van der Waals surface area contributed by atoms with Gasteiger partial charge in [-0.25, -0.2) is 0 Å². The lowest BCUT2D eigenvalue weighted by molar-refractivity contribution is -0.125. The normalized spacial score (nSPS) is 11.5. The van der Waals surface area contributed by atoms with Crippen molar-refractivity contribution < 1.29 is 9.59 Å². The molecule has 0 aromatic heterocycles. The summed E-state index contributed by atoms with van der Waals surface area (Å²) in [5, 5.41) is 5.16. The van der Waals surface area contributed by atoms with Gasteiger partial charge in [-0.05, 0) is 12.8 Å². The van der Waals surface area contributed by atoms with Crippen LogP contribution < -0.4 is 16.4 Å². The van der Waals surface area contributed by atoms with E-state index in [-0.39, 0.29) is 43.4 Å². The van der Waals surface area contributed by atoms with Crippen LogP contribution in [0, 0.1) is 5.92 Å². The number of halogens is 1. The standard InChI is InChI=1S/C9H19N3O2.ClH/c1-6(2)7(3)12-9(14)5-11-8(13)4-10;/h6-7H,4-5,10H2,1-3H3,(H,11,13)(H,12,14);1H. The maximum absolute atomic E-state index is 11.2. The molecule has 0 aliphatic rings. The first-order valence-electron chi connectivity index (χ1n) is 4.73. The Labute approximate surface area is 96.6 Å². The maximum Gasteiger partial charge on any atom is 0.239 e. The van der Waals surface area contributed by atoms with Crippen molar-refractivity contribution in [1.29, 1.82) is 0 Å². The lowest BCUT2D eigenvalue weighted by Crippen LogP contribution is -2.43. The van der Waals surface area contributed by atoms with Gasteiger partial charge in [-0.2, -0.15) is 0 Å².